The molecule has 0 aromatic heterocycles. The highest BCUT2D eigenvalue weighted by molar-refractivity contribution is 7.80. The van der Waals surface area contributed by atoms with Crippen molar-refractivity contribution in [1.82, 2.24) is 20.9 Å². The van der Waals surface area contributed by atoms with Crippen molar-refractivity contribution in [3.8, 4) is 0 Å². The SMILES string of the molecule is CCCCCCCN(CCNCCCCNCCNCc1ccc(S)cc1)Cc1ccc(S)cc1. The van der Waals surface area contributed by atoms with Gasteiger partial charge in [0.05, 0.1) is 0 Å². The highest BCUT2D eigenvalue weighted by Gasteiger charge is 2.06. The Morgan fingerprint density at radius 3 is 1.80 bits per heavy atom. The Hall–Kier alpha value is -1.02. The van der Waals surface area contributed by atoms with E-state index in [1.165, 1.54) is 62.6 Å². The molecule has 0 radical (unpaired) electrons. The van der Waals surface area contributed by atoms with E-state index in [2.05, 4.69) is 89.4 Å². The van der Waals surface area contributed by atoms with Crippen molar-refractivity contribution in [3.63, 3.8) is 0 Å². The molecule has 4 nitrogen and oxygen atoms in total. The van der Waals surface area contributed by atoms with Gasteiger partial charge in [0.15, 0.2) is 0 Å². The van der Waals surface area contributed by atoms with E-state index in [-0.39, 0.29) is 0 Å². The van der Waals surface area contributed by atoms with Gasteiger partial charge in [-0.3, -0.25) is 4.90 Å². The topological polar surface area (TPSA) is 39.3 Å². The quantitative estimate of drug-likeness (QED) is 0.108. The average molecular weight is 517 g/mol. The summed E-state index contributed by atoms with van der Waals surface area (Å²) in [6.45, 7) is 11.8. The molecule has 0 aliphatic heterocycles. The number of unbranched alkanes of at least 4 members (excludes halogenated alkanes) is 5. The zero-order valence-electron chi connectivity index (χ0n) is 21.8. The van der Waals surface area contributed by atoms with E-state index >= 15 is 0 Å². The Morgan fingerprint density at radius 1 is 0.571 bits per heavy atom. The van der Waals surface area contributed by atoms with Crippen LogP contribution in [-0.2, 0) is 13.1 Å². The highest BCUT2D eigenvalue weighted by atomic mass is 32.1. The Morgan fingerprint density at radius 2 is 1.14 bits per heavy atom. The predicted octanol–water partition coefficient (Wildman–Crippen LogP) is 5.79. The lowest BCUT2D eigenvalue weighted by Crippen LogP contribution is -2.33. The van der Waals surface area contributed by atoms with Crippen LogP contribution in [0.5, 0.6) is 0 Å². The third kappa shape index (κ3) is 15.6. The molecule has 3 N–H and O–H groups in total. The molecule has 2 aromatic carbocycles. The van der Waals surface area contributed by atoms with Gasteiger partial charge in [-0.15, -0.1) is 25.3 Å². The fourth-order valence-electron chi connectivity index (χ4n) is 4.08. The van der Waals surface area contributed by atoms with E-state index in [1.807, 2.05) is 12.1 Å². The number of hydrogen-bond acceptors (Lipinski definition) is 6. The minimum absolute atomic E-state index is 0.913. The first-order chi connectivity index (χ1) is 17.2. The molecule has 0 saturated carbocycles. The molecule has 0 saturated heterocycles. The normalized spacial score (nSPS) is 11.4. The summed E-state index contributed by atoms with van der Waals surface area (Å²) in [5.41, 5.74) is 2.69. The molecule has 0 aliphatic rings. The molecule has 2 aromatic rings. The largest absolute Gasteiger partial charge is 0.315 e. The Balaban J connectivity index is 1.48. The number of benzene rings is 2. The van der Waals surface area contributed by atoms with Crippen LogP contribution in [0.1, 0.15) is 63.0 Å². The van der Waals surface area contributed by atoms with Crippen LogP contribution < -0.4 is 16.0 Å². The number of hydrogen-bond donors (Lipinski definition) is 5. The second-order valence-corrected chi connectivity index (χ2v) is 10.4. The van der Waals surface area contributed by atoms with E-state index in [1.54, 1.807) is 0 Å². The zero-order chi connectivity index (χ0) is 25.0. The molecule has 0 heterocycles. The van der Waals surface area contributed by atoms with E-state index in [4.69, 9.17) is 0 Å². The van der Waals surface area contributed by atoms with E-state index < -0.39 is 0 Å². The molecule has 0 aliphatic carbocycles. The van der Waals surface area contributed by atoms with Crippen molar-refractivity contribution in [2.75, 3.05) is 45.8 Å². The van der Waals surface area contributed by atoms with Gasteiger partial charge in [0.2, 0.25) is 0 Å². The van der Waals surface area contributed by atoms with Crippen molar-refractivity contribution >= 4 is 25.3 Å². The molecule has 0 amide bonds. The smallest absolute Gasteiger partial charge is 0.0234 e. The van der Waals surface area contributed by atoms with Crippen molar-refractivity contribution < 1.29 is 0 Å². The minimum Gasteiger partial charge on any atom is -0.315 e. The van der Waals surface area contributed by atoms with Gasteiger partial charge in [0.1, 0.15) is 0 Å². The lowest BCUT2D eigenvalue weighted by Gasteiger charge is -2.23. The summed E-state index contributed by atoms with van der Waals surface area (Å²) in [4.78, 5) is 4.65. The van der Waals surface area contributed by atoms with Gasteiger partial charge in [-0.25, -0.2) is 0 Å². The van der Waals surface area contributed by atoms with Crippen molar-refractivity contribution in [2.45, 2.75) is 74.7 Å². The lowest BCUT2D eigenvalue weighted by atomic mass is 10.1. The molecular weight excluding hydrogens is 468 g/mol. The standard InChI is InChI=1S/C29H48N4S2/c1-2-3-4-5-8-22-33(25-27-11-15-29(35)16-12-27)23-21-31-18-7-6-17-30-19-20-32-24-26-9-13-28(34)14-10-26/h9-16,30-32,34-35H,2-8,17-25H2,1H3. The molecule has 196 valence electrons. The lowest BCUT2D eigenvalue weighted by molar-refractivity contribution is 0.258. The summed E-state index contributed by atoms with van der Waals surface area (Å²) in [5, 5.41) is 10.7. The summed E-state index contributed by atoms with van der Waals surface area (Å²) in [5.74, 6) is 0. The van der Waals surface area contributed by atoms with Gasteiger partial charge < -0.3 is 16.0 Å². The first-order valence-electron chi connectivity index (χ1n) is 13.6. The van der Waals surface area contributed by atoms with Gasteiger partial charge in [-0.2, -0.15) is 0 Å². The van der Waals surface area contributed by atoms with Gasteiger partial charge in [-0.05, 0) is 74.3 Å². The second kappa shape index (κ2) is 20.1. The van der Waals surface area contributed by atoms with Crippen molar-refractivity contribution in [3.05, 3.63) is 59.7 Å². The summed E-state index contributed by atoms with van der Waals surface area (Å²) in [7, 11) is 0. The molecule has 0 bridgehead atoms. The van der Waals surface area contributed by atoms with Crippen LogP contribution in [0, 0.1) is 0 Å². The van der Waals surface area contributed by atoms with Crippen molar-refractivity contribution in [1.29, 1.82) is 0 Å². The summed E-state index contributed by atoms with van der Waals surface area (Å²) in [6.07, 6.45) is 9.12. The van der Waals surface area contributed by atoms with Crippen LogP contribution in [0.25, 0.3) is 0 Å². The molecule has 6 heteroatoms. The third-order valence-corrected chi connectivity index (χ3v) is 6.82. The van der Waals surface area contributed by atoms with Crippen LogP contribution >= 0.6 is 25.3 Å². The Bertz CT molecular complexity index is 752. The van der Waals surface area contributed by atoms with E-state index in [0.29, 0.717) is 0 Å². The van der Waals surface area contributed by atoms with E-state index in [9.17, 15) is 0 Å². The number of nitrogens with zero attached hydrogens (tertiary/aromatic N) is 1. The van der Waals surface area contributed by atoms with E-state index in [0.717, 1.165) is 62.1 Å². The molecule has 0 spiro atoms. The fraction of sp³-hybridized carbons (Fsp3) is 0.586. The molecule has 0 atom stereocenters. The molecule has 0 fully saturated rings. The zero-order valence-corrected chi connectivity index (χ0v) is 23.6. The predicted molar refractivity (Wildman–Crippen MR) is 158 cm³/mol. The average Bonchev–Trinajstić information content (AvgIpc) is 2.86. The van der Waals surface area contributed by atoms with Gasteiger partial charge in [-0.1, -0.05) is 56.9 Å². The second-order valence-electron chi connectivity index (χ2n) is 9.41. The summed E-state index contributed by atoms with van der Waals surface area (Å²) in [6, 6.07) is 17.0. The van der Waals surface area contributed by atoms with Crippen LogP contribution in [0.4, 0.5) is 0 Å². The van der Waals surface area contributed by atoms with Crippen LogP contribution in [0.3, 0.4) is 0 Å². The molecule has 0 unspecified atom stereocenters. The molecule has 35 heavy (non-hydrogen) atoms. The van der Waals surface area contributed by atoms with Crippen LogP contribution in [0.15, 0.2) is 58.3 Å². The van der Waals surface area contributed by atoms with Gasteiger partial charge >= 0.3 is 0 Å². The highest BCUT2D eigenvalue weighted by Crippen LogP contribution is 2.11. The maximum Gasteiger partial charge on any atom is 0.0234 e. The maximum atomic E-state index is 4.42. The van der Waals surface area contributed by atoms with Crippen molar-refractivity contribution in [2.24, 2.45) is 0 Å². The first kappa shape index (κ1) is 30.2. The number of thiol groups is 2. The minimum atomic E-state index is 0.913. The summed E-state index contributed by atoms with van der Waals surface area (Å²) < 4.78 is 0. The fourth-order valence-corrected chi connectivity index (χ4v) is 4.38. The van der Waals surface area contributed by atoms with Crippen LogP contribution in [0.2, 0.25) is 0 Å². The molecular formula is C29H48N4S2. The Kier molecular flexibility index (Phi) is 17.3. The molecule has 2 rings (SSSR count). The number of rotatable bonds is 21. The monoisotopic (exact) mass is 516 g/mol. The van der Waals surface area contributed by atoms with Gasteiger partial charge in [0.25, 0.3) is 0 Å². The Labute approximate surface area is 225 Å². The number of nitrogens with one attached hydrogen (secondary N) is 3. The third-order valence-electron chi connectivity index (χ3n) is 6.23. The van der Waals surface area contributed by atoms with Crippen LogP contribution in [-0.4, -0.2) is 50.7 Å². The summed E-state index contributed by atoms with van der Waals surface area (Å²) >= 11 is 8.75. The first-order valence-corrected chi connectivity index (χ1v) is 14.5. The maximum absolute atomic E-state index is 4.42. The van der Waals surface area contributed by atoms with Gasteiger partial charge in [0, 0.05) is 49.1 Å².